The van der Waals surface area contributed by atoms with Gasteiger partial charge in [0.15, 0.2) is 11.6 Å². The molecule has 0 radical (unpaired) electrons. The maximum atomic E-state index is 13.6. The van der Waals surface area contributed by atoms with Crippen molar-refractivity contribution >= 4 is 23.2 Å². The smallest absolute Gasteiger partial charge is 0.161 e. The number of nitrogens with two attached hydrogens (primary N) is 1. The summed E-state index contributed by atoms with van der Waals surface area (Å²) in [5.41, 5.74) is 6.46. The van der Waals surface area contributed by atoms with Crippen LogP contribution in [0.5, 0.6) is 0 Å². The quantitative estimate of drug-likeness (QED) is 0.818. The van der Waals surface area contributed by atoms with Gasteiger partial charge in [-0.1, -0.05) is 29.3 Å². The fraction of sp³-hybridized carbons (Fsp3) is 0.143. The first-order valence-electron chi connectivity index (χ1n) is 5.72. The molecule has 0 bridgehead atoms. The molecule has 0 aromatic heterocycles. The van der Waals surface area contributed by atoms with Gasteiger partial charge in [0.05, 0.1) is 10.0 Å². The van der Waals surface area contributed by atoms with Gasteiger partial charge >= 0.3 is 0 Å². The molecule has 2 aromatic carbocycles. The van der Waals surface area contributed by atoms with Crippen LogP contribution in [0, 0.1) is 17.5 Å². The maximum Gasteiger partial charge on any atom is 0.161 e. The fourth-order valence-electron chi connectivity index (χ4n) is 1.85. The predicted molar refractivity (Wildman–Crippen MR) is 73.4 cm³/mol. The van der Waals surface area contributed by atoms with Crippen LogP contribution in [0.2, 0.25) is 10.0 Å². The normalized spacial score (nSPS) is 12.5. The Morgan fingerprint density at radius 3 is 2.20 bits per heavy atom. The van der Waals surface area contributed by atoms with Gasteiger partial charge in [0.2, 0.25) is 0 Å². The van der Waals surface area contributed by atoms with Crippen molar-refractivity contribution < 1.29 is 13.2 Å². The molecular formula is C14H10Cl2F3N. The van der Waals surface area contributed by atoms with Gasteiger partial charge in [-0.05, 0) is 30.2 Å². The highest BCUT2D eigenvalue weighted by atomic mass is 35.5. The van der Waals surface area contributed by atoms with E-state index in [1.165, 1.54) is 0 Å². The molecule has 2 N–H and O–H groups in total. The van der Waals surface area contributed by atoms with Gasteiger partial charge in [-0.15, -0.1) is 0 Å². The van der Waals surface area contributed by atoms with Gasteiger partial charge in [0.1, 0.15) is 5.82 Å². The van der Waals surface area contributed by atoms with Crippen LogP contribution >= 0.6 is 23.2 Å². The lowest BCUT2D eigenvalue weighted by Gasteiger charge is -2.14. The van der Waals surface area contributed by atoms with Crippen LogP contribution in [-0.4, -0.2) is 0 Å². The summed E-state index contributed by atoms with van der Waals surface area (Å²) >= 11 is 11.6. The molecule has 2 rings (SSSR count). The van der Waals surface area contributed by atoms with Crippen molar-refractivity contribution in [2.45, 2.75) is 12.5 Å². The van der Waals surface area contributed by atoms with Crippen molar-refractivity contribution in [1.29, 1.82) is 0 Å². The molecular weight excluding hydrogens is 310 g/mol. The third-order valence-corrected chi connectivity index (χ3v) is 3.62. The summed E-state index contributed by atoms with van der Waals surface area (Å²) in [6, 6.07) is 5.31. The molecule has 2 aromatic rings. The highest BCUT2D eigenvalue weighted by molar-refractivity contribution is 6.42. The monoisotopic (exact) mass is 319 g/mol. The zero-order valence-corrected chi connectivity index (χ0v) is 11.7. The number of rotatable bonds is 3. The second-order valence-corrected chi connectivity index (χ2v) is 5.16. The minimum Gasteiger partial charge on any atom is -0.324 e. The SMILES string of the molecule is NC(Cc1ccc(Cl)c(Cl)c1)c1cc(F)c(F)cc1F. The third kappa shape index (κ3) is 3.26. The first kappa shape index (κ1) is 15.2. The van der Waals surface area contributed by atoms with Gasteiger partial charge < -0.3 is 5.73 Å². The van der Waals surface area contributed by atoms with Crippen molar-refractivity contribution in [3.8, 4) is 0 Å². The molecule has 0 aliphatic heterocycles. The average molecular weight is 320 g/mol. The van der Waals surface area contributed by atoms with Gasteiger partial charge in [-0.2, -0.15) is 0 Å². The van der Waals surface area contributed by atoms with Crippen molar-refractivity contribution in [3.63, 3.8) is 0 Å². The zero-order chi connectivity index (χ0) is 14.9. The molecule has 20 heavy (non-hydrogen) atoms. The Kier molecular flexibility index (Phi) is 4.58. The average Bonchev–Trinajstić information content (AvgIpc) is 2.38. The summed E-state index contributed by atoms with van der Waals surface area (Å²) < 4.78 is 39.6. The van der Waals surface area contributed by atoms with Gasteiger partial charge in [0.25, 0.3) is 0 Å². The number of halogens is 5. The Balaban J connectivity index is 2.25. The lowest BCUT2D eigenvalue weighted by atomic mass is 9.99. The van der Waals surface area contributed by atoms with Crippen LogP contribution in [-0.2, 0) is 6.42 Å². The molecule has 0 aliphatic rings. The van der Waals surface area contributed by atoms with E-state index in [0.717, 1.165) is 11.6 Å². The molecule has 1 unspecified atom stereocenters. The summed E-state index contributed by atoms with van der Waals surface area (Å²) in [6.45, 7) is 0. The van der Waals surface area contributed by atoms with E-state index in [2.05, 4.69) is 0 Å². The lowest BCUT2D eigenvalue weighted by Crippen LogP contribution is -2.16. The second-order valence-electron chi connectivity index (χ2n) is 4.35. The maximum absolute atomic E-state index is 13.6. The number of benzene rings is 2. The first-order valence-corrected chi connectivity index (χ1v) is 6.48. The van der Waals surface area contributed by atoms with E-state index < -0.39 is 23.5 Å². The molecule has 0 saturated carbocycles. The van der Waals surface area contributed by atoms with Crippen LogP contribution in [0.25, 0.3) is 0 Å². The van der Waals surface area contributed by atoms with Crippen molar-refractivity contribution in [1.82, 2.24) is 0 Å². The number of hydrogen-bond donors (Lipinski definition) is 1. The van der Waals surface area contributed by atoms with Gasteiger partial charge in [-0.3, -0.25) is 0 Å². The van der Waals surface area contributed by atoms with Crippen LogP contribution < -0.4 is 5.73 Å². The zero-order valence-electron chi connectivity index (χ0n) is 10.1. The largest absolute Gasteiger partial charge is 0.324 e. The summed E-state index contributed by atoms with van der Waals surface area (Å²) in [5.74, 6) is -3.25. The summed E-state index contributed by atoms with van der Waals surface area (Å²) in [5, 5.41) is 0.741. The first-order chi connectivity index (χ1) is 9.38. The topological polar surface area (TPSA) is 26.0 Å². The van der Waals surface area contributed by atoms with Gasteiger partial charge in [0, 0.05) is 17.7 Å². The highest BCUT2D eigenvalue weighted by Gasteiger charge is 2.16. The fourth-order valence-corrected chi connectivity index (χ4v) is 2.17. The summed E-state index contributed by atoms with van der Waals surface area (Å²) in [7, 11) is 0. The lowest BCUT2D eigenvalue weighted by molar-refractivity contribution is 0.484. The Morgan fingerprint density at radius 2 is 1.55 bits per heavy atom. The molecule has 0 spiro atoms. The van der Waals surface area contributed by atoms with Crippen LogP contribution in [0.3, 0.4) is 0 Å². The van der Waals surface area contributed by atoms with E-state index in [1.807, 2.05) is 0 Å². The number of hydrogen-bond acceptors (Lipinski definition) is 1. The van der Waals surface area contributed by atoms with Crippen molar-refractivity contribution in [3.05, 3.63) is 69.0 Å². The molecule has 106 valence electrons. The Hall–Kier alpha value is -1.23. The van der Waals surface area contributed by atoms with E-state index >= 15 is 0 Å². The van der Waals surface area contributed by atoms with E-state index in [9.17, 15) is 13.2 Å². The molecule has 1 atom stereocenters. The summed E-state index contributed by atoms with van der Waals surface area (Å²) in [6.07, 6.45) is 0.221. The minimum absolute atomic E-state index is 0.0880. The predicted octanol–water partition coefficient (Wildman–Crippen LogP) is 4.65. The van der Waals surface area contributed by atoms with Crippen LogP contribution in [0.1, 0.15) is 17.2 Å². The molecule has 0 saturated heterocycles. The molecule has 0 aliphatic carbocycles. The second kappa shape index (κ2) is 6.04. The van der Waals surface area contributed by atoms with Crippen molar-refractivity contribution in [2.24, 2.45) is 5.73 Å². The van der Waals surface area contributed by atoms with E-state index in [0.29, 0.717) is 16.1 Å². The molecule has 0 heterocycles. The van der Waals surface area contributed by atoms with Crippen LogP contribution in [0.4, 0.5) is 13.2 Å². The molecule has 0 amide bonds. The van der Waals surface area contributed by atoms with E-state index in [1.54, 1.807) is 18.2 Å². The molecule has 1 nitrogen and oxygen atoms in total. The van der Waals surface area contributed by atoms with Gasteiger partial charge in [-0.25, -0.2) is 13.2 Å². The third-order valence-electron chi connectivity index (χ3n) is 2.88. The Labute approximate surface area is 124 Å². The highest BCUT2D eigenvalue weighted by Crippen LogP contribution is 2.26. The van der Waals surface area contributed by atoms with Crippen molar-refractivity contribution in [2.75, 3.05) is 0 Å². The van der Waals surface area contributed by atoms with Crippen LogP contribution in [0.15, 0.2) is 30.3 Å². The Bertz CT molecular complexity index is 647. The van der Waals surface area contributed by atoms with E-state index in [4.69, 9.17) is 28.9 Å². The molecule has 6 heteroatoms. The minimum atomic E-state index is -1.24. The van der Waals surface area contributed by atoms with E-state index in [-0.39, 0.29) is 12.0 Å². The standard InChI is InChI=1S/C14H10Cl2F3N/c15-9-2-1-7(3-10(9)16)4-14(20)8-5-12(18)13(19)6-11(8)17/h1-3,5-6,14H,4,20H2. The summed E-state index contributed by atoms with van der Waals surface area (Å²) in [4.78, 5) is 0. The molecule has 0 fully saturated rings. The Morgan fingerprint density at radius 1 is 0.900 bits per heavy atom.